The van der Waals surface area contributed by atoms with Gasteiger partial charge in [0.15, 0.2) is 0 Å². The summed E-state index contributed by atoms with van der Waals surface area (Å²) in [5.74, 6) is 0. The summed E-state index contributed by atoms with van der Waals surface area (Å²) in [6.07, 6.45) is 2.69. The number of methoxy groups -OCH3 is 1. The molecule has 1 aliphatic rings. The van der Waals surface area contributed by atoms with E-state index in [2.05, 4.69) is 5.32 Å². The summed E-state index contributed by atoms with van der Waals surface area (Å²) in [5.41, 5.74) is -0.192. The Labute approximate surface area is 109 Å². The zero-order chi connectivity index (χ0) is 13.6. The largest absolute Gasteiger partial charge is 0.396 e. The number of rotatable bonds is 5. The van der Waals surface area contributed by atoms with Gasteiger partial charge in [0, 0.05) is 38.3 Å². The monoisotopic (exact) mass is 258 g/mol. The van der Waals surface area contributed by atoms with Crippen LogP contribution in [-0.2, 0) is 4.74 Å². The highest BCUT2D eigenvalue weighted by Gasteiger charge is 2.36. The summed E-state index contributed by atoms with van der Waals surface area (Å²) in [6, 6.07) is 0.113. The van der Waals surface area contributed by atoms with E-state index in [1.807, 2.05) is 18.7 Å². The number of urea groups is 1. The van der Waals surface area contributed by atoms with Crippen LogP contribution in [0.3, 0.4) is 0 Å². The molecule has 1 aliphatic heterocycles. The van der Waals surface area contributed by atoms with Crippen molar-refractivity contribution >= 4 is 6.03 Å². The molecule has 1 saturated heterocycles. The molecular formula is C13H26N2O3. The van der Waals surface area contributed by atoms with Gasteiger partial charge in [-0.3, -0.25) is 0 Å². The molecule has 2 N–H and O–H groups in total. The topological polar surface area (TPSA) is 61.8 Å². The van der Waals surface area contributed by atoms with E-state index in [1.54, 1.807) is 7.11 Å². The normalized spacial score (nSPS) is 24.4. The summed E-state index contributed by atoms with van der Waals surface area (Å²) >= 11 is 0. The lowest BCUT2D eigenvalue weighted by molar-refractivity contribution is 0.0198. The van der Waals surface area contributed by atoms with Gasteiger partial charge in [0.25, 0.3) is 0 Å². The van der Waals surface area contributed by atoms with Crippen LogP contribution < -0.4 is 5.32 Å². The minimum Gasteiger partial charge on any atom is -0.396 e. The summed E-state index contributed by atoms with van der Waals surface area (Å²) in [7, 11) is 1.66. The molecule has 2 amide bonds. The van der Waals surface area contributed by atoms with Crippen molar-refractivity contribution in [2.45, 2.75) is 39.2 Å². The lowest BCUT2D eigenvalue weighted by Gasteiger charge is -2.42. The van der Waals surface area contributed by atoms with Crippen LogP contribution in [-0.4, -0.2) is 55.5 Å². The van der Waals surface area contributed by atoms with Gasteiger partial charge in [-0.25, -0.2) is 4.79 Å². The van der Waals surface area contributed by atoms with Gasteiger partial charge >= 0.3 is 6.03 Å². The Morgan fingerprint density at radius 3 is 2.83 bits per heavy atom. The van der Waals surface area contributed by atoms with Crippen LogP contribution in [0.4, 0.5) is 4.79 Å². The number of nitrogens with zero attached hydrogens (tertiary/aromatic N) is 1. The molecular weight excluding hydrogens is 232 g/mol. The molecule has 0 aromatic heterocycles. The number of aliphatic hydroxyl groups is 1. The quantitative estimate of drug-likeness (QED) is 0.779. The van der Waals surface area contributed by atoms with Crippen LogP contribution >= 0.6 is 0 Å². The molecule has 0 aromatic carbocycles. The van der Waals surface area contributed by atoms with Gasteiger partial charge in [0.2, 0.25) is 0 Å². The van der Waals surface area contributed by atoms with Crippen molar-refractivity contribution in [2.75, 3.05) is 33.4 Å². The second-order valence-electron chi connectivity index (χ2n) is 5.53. The Balaban J connectivity index is 2.60. The molecule has 5 heteroatoms. The summed E-state index contributed by atoms with van der Waals surface area (Å²) < 4.78 is 5.10. The van der Waals surface area contributed by atoms with Crippen molar-refractivity contribution in [3.8, 4) is 0 Å². The second-order valence-corrected chi connectivity index (χ2v) is 5.53. The first-order valence-corrected chi connectivity index (χ1v) is 6.68. The Kier molecular flexibility index (Phi) is 5.88. The van der Waals surface area contributed by atoms with Crippen molar-refractivity contribution in [3.05, 3.63) is 0 Å². The van der Waals surface area contributed by atoms with Gasteiger partial charge in [-0.2, -0.15) is 0 Å². The third kappa shape index (κ3) is 4.14. The van der Waals surface area contributed by atoms with Crippen LogP contribution in [0.5, 0.6) is 0 Å². The second kappa shape index (κ2) is 6.95. The van der Waals surface area contributed by atoms with Crippen LogP contribution in [0.25, 0.3) is 0 Å². The van der Waals surface area contributed by atoms with Crippen LogP contribution in [0, 0.1) is 5.41 Å². The number of hydrogen-bond acceptors (Lipinski definition) is 3. The maximum Gasteiger partial charge on any atom is 0.317 e. The molecule has 1 fully saturated rings. The number of aliphatic hydroxyl groups excluding tert-OH is 1. The fraction of sp³-hybridized carbons (Fsp3) is 0.923. The standard InChI is InChI=1S/C13H26N2O3/c1-11(2)14-12(17)15-7-4-5-13(9-15,10-16)6-8-18-3/h11,16H,4-10H2,1-3H3,(H,14,17)/t13-/m1/s1. The minimum atomic E-state index is -0.192. The fourth-order valence-corrected chi connectivity index (χ4v) is 2.45. The number of piperidine rings is 1. The highest BCUT2D eigenvalue weighted by atomic mass is 16.5. The summed E-state index contributed by atoms with van der Waals surface area (Å²) in [6.45, 7) is 6.03. The van der Waals surface area contributed by atoms with E-state index >= 15 is 0 Å². The van der Waals surface area contributed by atoms with Gasteiger partial charge in [-0.15, -0.1) is 0 Å². The number of ether oxygens (including phenoxy) is 1. The maximum absolute atomic E-state index is 12.0. The van der Waals surface area contributed by atoms with Gasteiger partial charge in [-0.05, 0) is 33.1 Å². The van der Waals surface area contributed by atoms with E-state index in [0.717, 1.165) is 25.8 Å². The molecule has 0 radical (unpaired) electrons. The first kappa shape index (κ1) is 15.2. The van der Waals surface area contributed by atoms with Crippen molar-refractivity contribution in [3.63, 3.8) is 0 Å². The molecule has 1 atom stereocenters. The number of carbonyl (C=O) groups is 1. The molecule has 0 bridgehead atoms. The average molecular weight is 258 g/mol. The molecule has 0 spiro atoms. The molecule has 1 heterocycles. The zero-order valence-corrected chi connectivity index (χ0v) is 11.7. The Bertz CT molecular complexity index is 271. The van der Waals surface area contributed by atoms with E-state index in [-0.39, 0.29) is 24.1 Å². The lowest BCUT2D eigenvalue weighted by Crippen LogP contribution is -2.52. The smallest absolute Gasteiger partial charge is 0.317 e. The van der Waals surface area contributed by atoms with E-state index < -0.39 is 0 Å². The highest BCUT2D eigenvalue weighted by Crippen LogP contribution is 2.33. The molecule has 1 rings (SSSR count). The van der Waals surface area contributed by atoms with E-state index in [9.17, 15) is 9.90 Å². The lowest BCUT2D eigenvalue weighted by atomic mass is 9.78. The third-order valence-electron chi connectivity index (χ3n) is 3.53. The predicted molar refractivity (Wildman–Crippen MR) is 70.5 cm³/mol. The predicted octanol–water partition coefficient (Wildman–Crippen LogP) is 1.22. The summed E-state index contributed by atoms with van der Waals surface area (Å²) in [4.78, 5) is 13.8. The van der Waals surface area contributed by atoms with E-state index in [0.29, 0.717) is 13.2 Å². The number of likely N-dealkylation sites (tertiary alicyclic amines) is 1. The Morgan fingerprint density at radius 1 is 1.56 bits per heavy atom. The fourth-order valence-electron chi connectivity index (χ4n) is 2.45. The first-order valence-electron chi connectivity index (χ1n) is 6.68. The average Bonchev–Trinajstić information content (AvgIpc) is 2.36. The third-order valence-corrected chi connectivity index (χ3v) is 3.53. The Hall–Kier alpha value is -0.810. The number of hydrogen-bond donors (Lipinski definition) is 2. The molecule has 0 saturated carbocycles. The first-order chi connectivity index (χ1) is 8.53. The van der Waals surface area contributed by atoms with Gasteiger partial charge in [0.1, 0.15) is 0 Å². The molecule has 106 valence electrons. The molecule has 0 aromatic rings. The number of amides is 2. The van der Waals surface area contributed by atoms with Gasteiger partial charge in [-0.1, -0.05) is 0 Å². The van der Waals surface area contributed by atoms with Crippen molar-refractivity contribution in [2.24, 2.45) is 5.41 Å². The van der Waals surface area contributed by atoms with Crippen molar-refractivity contribution in [1.29, 1.82) is 0 Å². The maximum atomic E-state index is 12.0. The SMILES string of the molecule is COCC[C@]1(CO)CCCN(C(=O)NC(C)C)C1. The minimum absolute atomic E-state index is 0.0278. The summed E-state index contributed by atoms with van der Waals surface area (Å²) in [5, 5.41) is 12.5. The van der Waals surface area contributed by atoms with Crippen LogP contribution in [0.2, 0.25) is 0 Å². The van der Waals surface area contributed by atoms with Gasteiger partial charge < -0.3 is 20.1 Å². The molecule has 0 aliphatic carbocycles. The van der Waals surface area contributed by atoms with Crippen molar-refractivity contribution < 1.29 is 14.6 Å². The number of nitrogens with one attached hydrogen (secondary N) is 1. The highest BCUT2D eigenvalue weighted by molar-refractivity contribution is 5.74. The molecule has 18 heavy (non-hydrogen) atoms. The van der Waals surface area contributed by atoms with Gasteiger partial charge in [0.05, 0.1) is 6.61 Å². The van der Waals surface area contributed by atoms with Crippen molar-refractivity contribution in [1.82, 2.24) is 10.2 Å². The molecule has 5 nitrogen and oxygen atoms in total. The zero-order valence-electron chi connectivity index (χ0n) is 11.7. The Morgan fingerprint density at radius 2 is 2.28 bits per heavy atom. The molecule has 0 unspecified atom stereocenters. The van der Waals surface area contributed by atoms with E-state index in [4.69, 9.17) is 4.74 Å². The van der Waals surface area contributed by atoms with Crippen LogP contribution in [0.1, 0.15) is 33.1 Å². The van der Waals surface area contributed by atoms with E-state index in [1.165, 1.54) is 0 Å². The van der Waals surface area contributed by atoms with Crippen LogP contribution in [0.15, 0.2) is 0 Å². The number of carbonyl (C=O) groups excluding carboxylic acids is 1.